The summed E-state index contributed by atoms with van der Waals surface area (Å²) in [5.41, 5.74) is 2.20. The summed E-state index contributed by atoms with van der Waals surface area (Å²) in [6.45, 7) is 0.537. The van der Waals surface area contributed by atoms with E-state index in [1.807, 2.05) is 36.4 Å². The number of hydrogen-bond donors (Lipinski definition) is 2. The zero-order valence-electron chi connectivity index (χ0n) is 15.4. The highest BCUT2D eigenvalue weighted by atomic mass is 16.2. The van der Waals surface area contributed by atoms with Crippen molar-refractivity contribution in [2.75, 3.05) is 0 Å². The molecule has 0 bridgehead atoms. The molecule has 144 valence electrons. The fourth-order valence-corrected chi connectivity index (χ4v) is 2.87. The molecule has 0 fully saturated rings. The van der Waals surface area contributed by atoms with Crippen LogP contribution in [0.2, 0.25) is 0 Å². The number of imidazole rings is 1. The first kappa shape index (κ1) is 18.3. The van der Waals surface area contributed by atoms with Crippen LogP contribution in [0.3, 0.4) is 0 Å². The van der Waals surface area contributed by atoms with E-state index >= 15 is 0 Å². The third-order valence-electron chi connectivity index (χ3n) is 4.28. The highest BCUT2D eigenvalue weighted by Gasteiger charge is 2.21. The normalized spacial score (nSPS) is 10.6. The quantitative estimate of drug-likeness (QED) is 0.528. The van der Waals surface area contributed by atoms with Crippen molar-refractivity contribution in [1.29, 1.82) is 0 Å². The first-order valence-electron chi connectivity index (χ1n) is 9.05. The van der Waals surface area contributed by atoms with Gasteiger partial charge in [0.05, 0.1) is 30.0 Å². The number of hydrogen-bond acceptors (Lipinski definition) is 5. The van der Waals surface area contributed by atoms with Crippen LogP contribution in [-0.2, 0) is 13.1 Å². The molecule has 4 aromatic heterocycles. The Labute approximate surface area is 166 Å². The van der Waals surface area contributed by atoms with Crippen molar-refractivity contribution in [1.82, 2.24) is 30.0 Å². The highest BCUT2D eigenvalue weighted by Crippen LogP contribution is 2.14. The molecule has 0 atom stereocenters. The predicted octanol–water partition coefficient (Wildman–Crippen LogP) is 1.98. The molecule has 4 aromatic rings. The van der Waals surface area contributed by atoms with Gasteiger partial charge in [0.1, 0.15) is 0 Å². The molecular weight excluding hydrogens is 368 g/mol. The maximum absolute atomic E-state index is 12.7. The van der Waals surface area contributed by atoms with Gasteiger partial charge in [-0.1, -0.05) is 18.2 Å². The van der Waals surface area contributed by atoms with Crippen LogP contribution >= 0.6 is 0 Å². The fraction of sp³-hybridized carbons (Fsp3) is 0.0952. The molecule has 4 heterocycles. The lowest BCUT2D eigenvalue weighted by atomic mass is 10.3. The SMILES string of the molecule is O=C(NCc1ccccn1)c1nc(C(=O)NCc2ccccn2)n2ccccc12. The average Bonchev–Trinajstić information content (AvgIpc) is 3.17. The van der Waals surface area contributed by atoms with Crippen molar-refractivity contribution < 1.29 is 9.59 Å². The number of carbonyl (C=O) groups excluding carboxylic acids is 2. The average molecular weight is 386 g/mol. The number of rotatable bonds is 6. The minimum Gasteiger partial charge on any atom is -0.345 e. The Balaban J connectivity index is 1.54. The zero-order valence-corrected chi connectivity index (χ0v) is 15.4. The predicted molar refractivity (Wildman–Crippen MR) is 106 cm³/mol. The Bertz CT molecular complexity index is 1050. The standard InChI is InChI=1S/C21H18N6O2/c28-20(24-13-15-7-1-4-10-22-15)18-17-9-3-6-12-27(17)19(26-18)21(29)25-14-16-8-2-5-11-23-16/h1-12H,13-14H2,(H,24,28)(H,25,29). The molecule has 4 rings (SSSR count). The van der Waals surface area contributed by atoms with E-state index in [1.165, 1.54) is 0 Å². The van der Waals surface area contributed by atoms with Crippen molar-refractivity contribution in [3.63, 3.8) is 0 Å². The summed E-state index contributed by atoms with van der Waals surface area (Å²) in [5, 5.41) is 5.59. The van der Waals surface area contributed by atoms with E-state index in [2.05, 4.69) is 25.6 Å². The molecule has 2 N–H and O–H groups in total. The summed E-state index contributed by atoms with van der Waals surface area (Å²) >= 11 is 0. The monoisotopic (exact) mass is 386 g/mol. The Morgan fingerprint density at radius 1 is 0.793 bits per heavy atom. The second-order valence-corrected chi connectivity index (χ2v) is 6.25. The summed E-state index contributed by atoms with van der Waals surface area (Å²) in [7, 11) is 0. The van der Waals surface area contributed by atoms with Crippen LogP contribution in [0, 0.1) is 0 Å². The van der Waals surface area contributed by atoms with Gasteiger partial charge in [-0.2, -0.15) is 0 Å². The molecule has 0 radical (unpaired) electrons. The first-order valence-corrected chi connectivity index (χ1v) is 9.05. The molecule has 0 spiro atoms. The van der Waals surface area contributed by atoms with E-state index in [4.69, 9.17) is 0 Å². The second kappa shape index (κ2) is 8.30. The van der Waals surface area contributed by atoms with Crippen molar-refractivity contribution >= 4 is 17.3 Å². The minimum absolute atomic E-state index is 0.138. The van der Waals surface area contributed by atoms with Gasteiger partial charge in [0.2, 0.25) is 5.82 Å². The van der Waals surface area contributed by atoms with Gasteiger partial charge in [-0.15, -0.1) is 0 Å². The van der Waals surface area contributed by atoms with Gasteiger partial charge in [-0.05, 0) is 36.4 Å². The second-order valence-electron chi connectivity index (χ2n) is 6.25. The van der Waals surface area contributed by atoms with Gasteiger partial charge < -0.3 is 10.6 Å². The Morgan fingerprint density at radius 2 is 1.41 bits per heavy atom. The van der Waals surface area contributed by atoms with Crippen LogP contribution in [0.25, 0.3) is 5.52 Å². The zero-order chi connectivity index (χ0) is 20.1. The summed E-state index contributed by atoms with van der Waals surface area (Å²) in [5.74, 6) is -0.622. The van der Waals surface area contributed by atoms with Gasteiger partial charge in [0, 0.05) is 18.6 Å². The Kier molecular flexibility index (Phi) is 5.24. The number of fused-ring (bicyclic) bond motifs is 1. The largest absolute Gasteiger partial charge is 0.345 e. The van der Waals surface area contributed by atoms with Gasteiger partial charge in [0.25, 0.3) is 11.8 Å². The summed E-state index contributed by atoms with van der Waals surface area (Å²) in [4.78, 5) is 38.1. The maximum Gasteiger partial charge on any atom is 0.288 e. The van der Waals surface area contributed by atoms with E-state index in [-0.39, 0.29) is 36.4 Å². The lowest BCUT2D eigenvalue weighted by Crippen LogP contribution is -2.26. The lowest BCUT2D eigenvalue weighted by Gasteiger charge is -2.03. The van der Waals surface area contributed by atoms with Crippen LogP contribution in [0.1, 0.15) is 32.5 Å². The van der Waals surface area contributed by atoms with Crippen LogP contribution in [-0.4, -0.2) is 31.2 Å². The number of nitrogens with one attached hydrogen (secondary N) is 2. The maximum atomic E-state index is 12.7. The smallest absolute Gasteiger partial charge is 0.288 e. The third-order valence-corrected chi connectivity index (χ3v) is 4.28. The number of aromatic nitrogens is 4. The van der Waals surface area contributed by atoms with E-state index in [0.29, 0.717) is 5.52 Å². The molecular formula is C21H18N6O2. The van der Waals surface area contributed by atoms with Crippen LogP contribution in [0.15, 0.2) is 73.2 Å². The fourth-order valence-electron chi connectivity index (χ4n) is 2.87. The van der Waals surface area contributed by atoms with E-state index < -0.39 is 0 Å². The molecule has 8 heteroatoms. The number of pyridine rings is 3. The number of amides is 2. The van der Waals surface area contributed by atoms with Crippen molar-refractivity contribution in [2.45, 2.75) is 13.1 Å². The highest BCUT2D eigenvalue weighted by molar-refractivity contribution is 6.02. The molecule has 29 heavy (non-hydrogen) atoms. The van der Waals surface area contributed by atoms with Crippen LogP contribution < -0.4 is 10.6 Å². The van der Waals surface area contributed by atoms with E-state index in [1.54, 1.807) is 41.2 Å². The molecule has 0 saturated heterocycles. The first-order chi connectivity index (χ1) is 14.2. The molecule has 0 aliphatic rings. The minimum atomic E-state index is -0.388. The van der Waals surface area contributed by atoms with Crippen molar-refractivity contribution in [3.8, 4) is 0 Å². The van der Waals surface area contributed by atoms with E-state index in [9.17, 15) is 9.59 Å². The van der Waals surface area contributed by atoms with Gasteiger partial charge in [-0.3, -0.25) is 24.0 Å². The summed E-state index contributed by atoms with van der Waals surface area (Å²) < 4.78 is 1.60. The molecule has 0 aliphatic carbocycles. The molecule has 0 aliphatic heterocycles. The topological polar surface area (TPSA) is 101 Å². The van der Waals surface area contributed by atoms with Gasteiger partial charge >= 0.3 is 0 Å². The number of carbonyl (C=O) groups is 2. The summed E-state index contributed by atoms with van der Waals surface area (Å²) in [6.07, 6.45) is 5.03. The van der Waals surface area contributed by atoms with Crippen molar-refractivity contribution in [3.05, 3.63) is 96.1 Å². The lowest BCUT2D eigenvalue weighted by molar-refractivity contribution is 0.0939. The van der Waals surface area contributed by atoms with Gasteiger partial charge in [0.15, 0.2) is 5.69 Å². The third kappa shape index (κ3) is 4.11. The van der Waals surface area contributed by atoms with E-state index in [0.717, 1.165) is 11.4 Å². The molecule has 0 saturated carbocycles. The number of nitrogens with zero attached hydrogens (tertiary/aromatic N) is 4. The van der Waals surface area contributed by atoms with Crippen LogP contribution in [0.4, 0.5) is 0 Å². The Hall–Kier alpha value is -4.07. The summed E-state index contributed by atoms with van der Waals surface area (Å²) in [6, 6.07) is 16.3. The molecule has 2 amide bonds. The van der Waals surface area contributed by atoms with Crippen molar-refractivity contribution in [2.24, 2.45) is 0 Å². The van der Waals surface area contributed by atoms with Crippen LogP contribution in [0.5, 0.6) is 0 Å². The Morgan fingerprint density at radius 3 is 2.03 bits per heavy atom. The molecule has 0 unspecified atom stereocenters. The molecule has 0 aromatic carbocycles. The van der Waals surface area contributed by atoms with Gasteiger partial charge in [-0.25, -0.2) is 4.98 Å². The molecule has 8 nitrogen and oxygen atoms in total.